The molecular formula is C16H12Cl2N2OS. The van der Waals surface area contributed by atoms with Crippen LogP contribution in [-0.4, -0.2) is 11.0 Å². The van der Waals surface area contributed by atoms with Crippen molar-refractivity contribution < 1.29 is 4.79 Å². The van der Waals surface area contributed by atoms with Gasteiger partial charge >= 0.3 is 0 Å². The third-order valence-electron chi connectivity index (χ3n) is 2.64. The molecule has 3 nitrogen and oxygen atoms in total. The van der Waals surface area contributed by atoms with Crippen molar-refractivity contribution in [1.29, 1.82) is 0 Å². The Morgan fingerprint density at radius 1 is 1.05 bits per heavy atom. The molecule has 1 amide bonds. The largest absolute Gasteiger partial charge is 0.332 e. The lowest BCUT2D eigenvalue weighted by atomic mass is 10.2. The summed E-state index contributed by atoms with van der Waals surface area (Å²) >= 11 is 16.8. The quantitative estimate of drug-likeness (QED) is 0.631. The molecule has 0 radical (unpaired) electrons. The first kappa shape index (κ1) is 16.5. The first-order valence-electron chi connectivity index (χ1n) is 6.35. The van der Waals surface area contributed by atoms with Gasteiger partial charge in [-0.2, -0.15) is 0 Å². The van der Waals surface area contributed by atoms with Gasteiger partial charge in [0.1, 0.15) is 0 Å². The van der Waals surface area contributed by atoms with Crippen LogP contribution in [0.2, 0.25) is 10.0 Å². The minimum absolute atomic E-state index is 0.182. The standard InChI is InChI=1S/C16H12Cl2N2OS/c17-13-8-7-12(10-14(13)18)19-16(22)20-15(21)9-6-11-4-2-1-3-5-11/h1-10H,(H2,19,20,21,22). The molecule has 0 spiro atoms. The molecule has 22 heavy (non-hydrogen) atoms. The second-order valence-electron chi connectivity index (χ2n) is 4.32. The lowest BCUT2D eigenvalue weighted by Gasteiger charge is -2.08. The van der Waals surface area contributed by atoms with Crippen LogP contribution in [0.15, 0.2) is 54.6 Å². The van der Waals surface area contributed by atoms with Crippen LogP contribution in [0, 0.1) is 0 Å². The first-order valence-corrected chi connectivity index (χ1v) is 7.51. The maximum Gasteiger partial charge on any atom is 0.250 e. The van der Waals surface area contributed by atoms with Gasteiger partial charge in [-0.25, -0.2) is 0 Å². The maximum absolute atomic E-state index is 11.8. The van der Waals surface area contributed by atoms with Crippen molar-refractivity contribution in [3.63, 3.8) is 0 Å². The van der Waals surface area contributed by atoms with Crippen molar-refractivity contribution in [3.8, 4) is 0 Å². The molecule has 0 bridgehead atoms. The Morgan fingerprint density at radius 2 is 1.77 bits per heavy atom. The molecule has 112 valence electrons. The van der Waals surface area contributed by atoms with Crippen molar-refractivity contribution >= 4 is 58.2 Å². The summed E-state index contributed by atoms with van der Waals surface area (Å²) in [7, 11) is 0. The highest BCUT2D eigenvalue weighted by Gasteiger charge is 2.03. The van der Waals surface area contributed by atoms with Crippen molar-refractivity contribution in [3.05, 3.63) is 70.2 Å². The molecule has 0 aliphatic rings. The Balaban J connectivity index is 1.90. The van der Waals surface area contributed by atoms with Crippen LogP contribution >= 0.6 is 35.4 Å². The molecule has 0 saturated carbocycles. The summed E-state index contributed by atoms with van der Waals surface area (Å²) in [5.41, 5.74) is 1.58. The zero-order valence-corrected chi connectivity index (χ0v) is 13.7. The molecule has 0 unspecified atom stereocenters. The molecule has 2 aromatic rings. The molecule has 2 aromatic carbocycles. The monoisotopic (exact) mass is 350 g/mol. The summed E-state index contributed by atoms with van der Waals surface area (Å²) in [5, 5.41) is 6.45. The van der Waals surface area contributed by atoms with Crippen molar-refractivity contribution in [1.82, 2.24) is 5.32 Å². The number of carbonyl (C=O) groups excluding carboxylic acids is 1. The third kappa shape index (κ3) is 5.15. The van der Waals surface area contributed by atoms with Gasteiger partial charge in [0.15, 0.2) is 5.11 Å². The van der Waals surface area contributed by atoms with Gasteiger partial charge < -0.3 is 5.32 Å². The number of benzene rings is 2. The number of thiocarbonyl (C=S) groups is 1. The zero-order chi connectivity index (χ0) is 15.9. The fraction of sp³-hybridized carbons (Fsp3) is 0. The number of amides is 1. The van der Waals surface area contributed by atoms with E-state index >= 15 is 0 Å². The van der Waals surface area contributed by atoms with E-state index in [4.69, 9.17) is 35.4 Å². The van der Waals surface area contributed by atoms with Crippen LogP contribution in [0.3, 0.4) is 0 Å². The van der Waals surface area contributed by atoms with Gasteiger partial charge in [-0.05, 0) is 42.1 Å². The summed E-state index contributed by atoms with van der Waals surface area (Å²) in [6.45, 7) is 0. The van der Waals surface area contributed by atoms with E-state index in [1.54, 1.807) is 24.3 Å². The van der Waals surface area contributed by atoms with Crippen LogP contribution in [-0.2, 0) is 4.79 Å². The van der Waals surface area contributed by atoms with Crippen molar-refractivity contribution in [2.75, 3.05) is 5.32 Å². The van der Waals surface area contributed by atoms with E-state index in [1.807, 2.05) is 30.3 Å². The Labute approximate surface area is 143 Å². The van der Waals surface area contributed by atoms with Crippen LogP contribution < -0.4 is 10.6 Å². The number of anilines is 1. The van der Waals surface area contributed by atoms with E-state index in [2.05, 4.69) is 10.6 Å². The minimum atomic E-state index is -0.318. The fourth-order valence-corrected chi connectivity index (χ4v) is 2.14. The van der Waals surface area contributed by atoms with E-state index in [-0.39, 0.29) is 11.0 Å². The van der Waals surface area contributed by atoms with Crippen molar-refractivity contribution in [2.45, 2.75) is 0 Å². The van der Waals surface area contributed by atoms with Gasteiger partial charge in [-0.15, -0.1) is 0 Å². The SMILES string of the molecule is O=C(C=Cc1ccccc1)NC(=S)Nc1ccc(Cl)c(Cl)c1. The number of hydrogen-bond donors (Lipinski definition) is 2. The second kappa shape index (κ2) is 7.94. The predicted octanol–water partition coefficient (Wildman–Crippen LogP) is 4.52. The predicted molar refractivity (Wildman–Crippen MR) is 96.3 cm³/mol. The zero-order valence-electron chi connectivity index (χ0n) is 11.3. The molecule has 6 heteroatoms. The Morgan fingerprint density at radius 3 is 2.45 bits per heavy atom. The van der Waals surface area contributed by atoms with Crippen LogP contribution in [0.5, 0.6) is 0 Å². The third-order valence-corrected chi connectivity index (χ3v) is 3.58. The van der Waals surface area contributed by atoms with E-state index < -0.39 is 0 Å². The van der Waals surface area contributed by atoms with E-state index in [1.165, 1.54) is 6.08 Å². The highest BCUT2D eigenvalue weighted by molar-refractivity contribution is 7.80. The molecule has 0 heterocycles. The average Bonchev–Trinajstić information content (AvgIpc) is 2.50. The molecule has 0 aromatic heterocycles. The van der Waals surface area contributed by atoms with Gasteiger partial charge in [0, 0.05) is 11.8 Å². The summed E-state index contributed by atoms with van der Waals surface area (Å²) in [4.78, 5) is 11.8. The maximum atomic E-state index is 11.8. The Hall–Kier alpha value is -1.88. The normalized spacial score (nSPS) is 10.5. The highest BCUT2D eigenvalue weighted by atomic mass is 35.5. The summed E-state index contributed by atoms with van der Waals surface area (Å²) in [5.74, 6) is -0.318. The molecule has 2 N–H and O–H groups in total. The van der Waals surface area contributed by atoms with Crippen LogP contribution in [0.1, 0.15) is 5.56 Å². The van der Waals surface area contributed by atoms with Gasteiger partial charge in [0.05, 0.1) is 10.0 Å². The van der Waals surface area contributed by atoms with E-state index in [0.717, 1.165) is 5.56 Å². The van der Waals surface area contributed by atoms with Gasteiger partial charge in [0.2, 0.25) is 5.91 Å². The van der Waals surface area contributed by atoms with Gasteiger partial charge in [-0.3, -0.25) is 10.1 Å². The van der Waals surface area contributed by atoms with E-state index in [0.29, 0.717) is 15.7 Å². The Bertz CT molecular complexity index is 717. The fourth-order valence-electron chi connectivity index (χ4n) is 1.63. The molecule has 0 atom stereocenters. The number of hydrogen-bond acceptors (Lipinski definition) is 2. The second-order valence-corrected chi connectivity index (χ2v) is 5.54. The topological polar surface area (TPSA) is 41.1 Å². The van der Waals surface area contributed by atoms with Gasteiger partial charge in [-0.1, -0.05) is 53.5 Å². The first-order chi connectivity index (χ1) is 10.5. The molecule has 0 aliphatic carbocycles. The molecular weight excluding hydrogens is 339 g/mol. The summed E-state index contributed by atoms with van der Waals surface area (Å²) in [6.07, 6.45) is 3.12. The number of nitrogens with one attached hydrogen (secondary N) is 2. The van der Waals surface area contributed by atoms with E-state index in [9.17, 15) is 4.79 Å². The summed E-state index contributed by atoms with van der Waals surface area (Å²) in [6, 6.07) is 14.5. The lowest BCUT2D eigenvalue weighted by Crippen LogP contribution is -2.32. The van der Waals surface area contributed by atoms with Crippen LogP contribution in [0.4, 0.5) is 5.69 Å². The highest BCUT2D eigenvalue weighted by Crippen LogP contribution is 2.24. The molecule has 0 saturated heterocycles. The minimum Gasteiger partial charge on any atom is -0.332 e. The van der Waals surface area contributed by atoms with Crippen LogP contribution in [0.25, 0.3) is 6.08 Å². The molecule has 0 aliphatic heterocycles. The molecule has 2 rings (SSSR count). The molecule has 0 fully saturated rings. The number of halogens is 2. The summed E-state index contributed by atoms with van der Waals surface area (Å²) < 4.78 is 0. The van der Waals surface area contributed by atoms with Crippen molar-refractivity contribution in [2.24, 2.45) is 0 Å². The van der Waals surface area contributed by atoms with Gasteiger partial charge in [0.25, 0.3) is 0 Å². The number of rotatable bonds is 3. The lowest BCUT2D eigenvalue weighted by molar-refractivity contribution is -0.115. The number of carbonyl (C=O) groups is 1. The average molecular weight is 351 g/mol. The smallest absolute Gasteiger partial charge is 0.250 e. The Kier molecular flexibility index (Phi) is 5.95.